The standard InChI is InChI=1S/C18H20ClFN2O/c1-3-17(14-4-8-15(19)9-5-14)22-18(23)21-12(2)13-6-10-16(20)11-7-13/h4-12,17H,3H2,1-2H3,(H2,21,22,23). The molecule has 5 heteroatoms. The summed E-state index contributed by atoms with van der Waals surface area (Å²) in [7, 11) is 0. The van der Waals surface area contributed by atoms with Crippen LogP contribution in [0.5, 0.6) is 0 Å². The molecule has 0 bridgehead atoms. The number of hydrogen-bond donors (Lipinski definition) is 2. The maximum atomic E-state index is 12.9. The van der Waals surface area contributed by atoms with Crippen molar-refractivity contribution < 1.29 is 9.18 Å². The Kier molecular flexibility index (Phi) is 5.99. The van der Waals surface area contributed by atoms with Crippen LogP contribution < -0.4 is 10.6 Å². The summed E-state index contributed by atoms with van der Waals surface area (Å²) in [5, 5.41) is 6.48. The van der Waals surface area contributed by atoms with Gasteiger partial charge in [-0.1, -0.05) is 42.8 Å². The number of carbonyl (C=O) groups excluding carboxylic acids is 1. The maximum Gasteiger partial charge on any atom is 0.315 e. The summed E-state index contributed by atoms with van der Waals surface area (Å²) in [4.78, 5) is 12.2. The highest BCUT2D eigenvalue weighted by molar-refractivity contribution is 6.30. The molecular weight excluding hydrogens is 315 g/mol. The SMILES string of the molecule is CCC(NC(=O)NC(C)c1ccc(F)cc1)c1ccc(Cl)cc1. The first-order valence-corrected chi connectivity index (χ1v) is 7.95. The van der Waals surface area contributed by atoms with Gasteiger partial charge in [-0.05, 0) is 48.7 Å². The summed E-state index contributed by atoms with van der Waals surface area (Å²) in [6, 6.07) is 12.9. The number of urea groups is 1. The van der Waals surface area contributed by atoms with E-state index < -0.39 is 0 Å². The normalized spacial score (nSPS) is 13.2. The zero-order chi connectivity index (χ0) is 16.8. The third-order valence-corrected chi connectivity index (χ3v) is 3.96. The quantitative estimate of drug-likeness (QED) is 0.794. The minimum Gasteiger partial charge on any atom is -0.332 e. The molecule has 0 aliphatic heterocycles. The van der Waals surface area contributed by atoms with E-state index in [1.807, 2.05) is 26.0 Å². The van der Waals surface area contributed by atoms with Crippen molar-refractivity contribution in [1.82, 2.24) is 10.6 Å². The van der Waals surface area contributed by atoms with E-state index in [1.54, 1.807) is 24.3 Å². The molecule has 2 atom stereocenters. The van der Waals surface area contributed by atoms with Crippen LogP contribution >= 0.6 is 11.6 Å². The van der Waals surface area contributed by atoms with Gasteiger partial charge in [0.15, 0.2) is 0 Å². The van der Waals surface area contributed by atoms with E-state index in [0.29, 0.717) is 5.02 Å². The van der Waals surface area contributed by atoms with Crippen LogP contribution in [-0.2, 0) is 0 Å². The van der Waals surface area contributed by atoms with Gasteiger partial charge in [-0.15, -0.1) is 0 Å². The number of benzene rings is 2. The van der Waals surface area contributed by atoms with Crippen molar-refractivity contribution in [2.45, 2.75) is 32.4 Å². The summed E-state index contributed by atoms with van der Waals surface area (Å²) < 4.78 is 12.9. The van der Waals surface area contributed by atoms with Crippen LogP contribution in [0.4, 0.5) is 9.18 Å². The van der Waals surface area contributed by atoms with Gasteiger partial charge in [0, 0.05) is 5.02 Å². The van der Waals surface area contributed by atoms with E-state index in [2.05, 4.69) is 10.6 Å². The Balaban J connectivity index is 1.96. The predicted octanol–water partition coefficient (Wildman–Crippen LogP) is 4.99. The van der Waals surface area contributed by atoms with Crippen LogP contribution in [0.1, 0.15) is 43.5 Å². The lowest BCUT2D eigenvalue weighted by atomic mass is 10.0. The van der Waals surface area contributed by atoms with Crippen molar-refractivity contribution >= 4 is 17.6 Å². The second kappa shape index (κ2) is 7.97. The Morgan fingerprint density at radius 1 is 1.04 bits per heavy atom. The fourth-order valence-corrected chi connectivity index (χ4v) is 2.47. The molecule has 2 aromatic carbocycles. The monoisotopic (exact) mass is 334 g/mol. The Bertz CT molecular complexity index is 643. The number of carbonyl (C=O) groups is 1. The molecule has 2 aromatic rings. The average Bonchev–Trinajstić information content (AvgIpc) is 2.54. The third kappa shape index (κ3) is 4.96. The van der Waals surface area contributed by atoms with Crippen molar-refractivity contribution in [3.63, 3.8) is 0 Å². The van der Waals surface area contributed by atoms with E-state index >= 15 is 0 Å². The molecule has 2 N–H and O–H groups in total. The van der Waals surface area contributed by atoms with Gasteiger partial charge < -0.3 is 10.6 Å². The maximum absolute atomic E-state index is 12.9. The third-order valence-electron chi connectivity index (χ3n) is 3.70. The topological polar surface area (TPSA) is 41.1 Å². The summed E-state index contributed by atoms with van der Waals surface area (Å²) in [5.74, 6) is -0.292. The highest BCUT2D eigenvalue weighted by Crippen LogP contribution is 2.19. The lowest BCUT2D eigenvalue weighted by Gasteiger charge is -2.20. The number of hydrogen-bond acceptors (Lipinski definition) is 1. The van der Waals surface area contributed by atoms with E-state index in [9.17, 15) is 9.18 Å². The molecule has 0 saturated carbocycles. The molecule has 0 fully saturated rings. The molecule has 2 unspecified atom stereocenters. The number of amides is 2. The zero-order valence-electron chi connectivity index (χ0n) is 13.1. The number of nitrogens with one attached hydrogen (secondary N) is 2. The van der Waals surface area contributed by atoms with Gasteiger partial charge in [0.1, 0.15) is 5.82 Å². The zero-order valence-corrected chi connectivity index (χ0v) is 13.9. The Morgan fingerprint density at radius 3 is 2.17 bits per heavy atom. The molecule has 0 radical (unpaired) electrons. The highest BCUT2D eigenvalue weighted by Gasteiger charge is 2.15. The second-order valence-electron chi connectivity index (χ2n) is 5.40. The van der Waals surface area contributed by atoms with Gasteiger partial charge in [0.25, 0.3) is 0 Å². The minimum atomic E-state index is -0.292. The van der Waals surface area contributed by atoms with Gasteiger partial charge in [0.05, 0.1) is 12.1 Å². The van der Waals surface area contributed by atoms with Crippen molar-refractivity contribution in [2.24, 2.45) is 0 Å². The fourth-order valence-electron chi connectivity index (χ4n) is 2.35. The summed E-state index contributed by atoms with van der Waals surface area (Å²) in [6.07, 6.45) is 0.764. The van der Waals surface area contributed by atoms with E-state index in [4.69, 9.17) is 11.6 Å². The van der Waals surface area contributed by atoms with Crippen LogP contribution in [-0.4, -0.2) is 6.03 Å². The van der Waals surface area contributed by atoms with Gasteiger partial charge in [-0.3, -0.25) is 0 Å². The van der Waals surface area contributed by atoms with Crippen molar-refractivity contribution in [3.8, 4) is 0 Å². The summed E-state index contributed by atoms with van der Waals surface area (Å²) in [5.41, 5.74) is 1.85. The fraction of sp³-hybridized carbons (Fsp3) is 0.278. The van der Waals surface area contributed by atoms with E-state index in [0.717, 1.165) is 17.5 Å². The first-order chi connectivity index (χ1) is 11.0. The van der Waals surface area contributed by atoms with Crippen LogP contribution in [0.3, 0.4) is 0 Å². The van der Waals surface area contributed by atoms with Crippen LogP contribution in [0.15, 0.2) is 48.5 Å². The Morgan fingerprint density at radius 2 is 1.61 bits per heavy atom. The molecule has 0 heterocycles. The number of halogens is 2. The number of rotatable bonds is 5. The first kappa shape index (κ1) is 17.3. The molecule has 0 aromatic heterocycles. The molecule has 2 rings (SSSR count). The smallest absolute Gasteiger partial charge is 0.315 e. The van der Waals surface area contributed by atoms with Gasteiger partial charge in [-0.25, -0.2) is 9.18 Å². The molecule has 0 spiro atoms. The minimum absolute atomic E-state index is 0.0901. The van der Waals surface area contributed by atoms with Crippen LogP contribution in [0, 0.1) is 5.82 Å². The molecule has 2 amide bonds. The van der Waals surface area contributed by atoms with Crippen molar-refractivity contribution in [2.75, 3.05) is 0 Å². The Labute approximate surface area is 140 Å². The van der Waals surface area contributed by atoms with E-state index in [1.165, 1.54) is 12.1 Å². The highest BCUT2D eigenvalue weighted by atomic mass is 35.5. The summed E-state index contributed by atoms with van der Waals surface area (Å²) >= 11 is 5.89. The van der Waals surface area contributed by atoms with Gasteiger partial charge in [0.2, 0.25) is 0 Å². The predicted molar refractivity (Wildman–Crippen MR) is 91.0 cm³/mol. The van der Waals surface area contributed by atoms with Crippen molar-refractivity contribution in [3.05, 3.63) is 70.5 Å². The van der Waals surface area contributed by atoms with Crippen LogP contribution in [0.25, 0.3) is 0 Å². The molecule has 3 nitrogen and oxygen atoms in total. The molecule has 122 valence electrons. The molecule has 0 aliphatic rings. The molecule has 0 aliphatic carbocycles. The van der Waals surface area contributed by atoms with Crippen LogP contribution in [0.2, 0.25) is 5.02 Å². The van der Waals surface area contributed by atoms with E-state index in [-0.39, 0.29) is 23.9 Å². The average molecular weight is 335 g/mol. The largest absolute Gasteiger partial charge is 0.332 e. The lowest BCUT2D eigenvalue weighted by Crippen LogP contribution is -2.39. The second-order valence-corrected chi connectivity index (χ2v) is 5.84. The molecule has 0 saturated heterocycles. The molecule has 23 heavy (non-hydrogen) atoms. The lowest BCUT2D eigenvalue weighted by molar-refractivity contribution is 0.233. The van der Waals surface area contributed by atoms with Gasteiger partial charge >= 0.3 is 6.03 Å². The van der Waals surface area contributed by atoms with Gasteiger partial charge in [-0.2, -0.15) is 0 Å². The van der Waals surface area contributed by atoms with Crippen molar-refractivity contribution in [1.29, 1.82) is 0 Å². The molecular formula is C18H20ClFN2O. The first-order valence-electron chi connectivity index (χ1n) is 7.57. The Hall–Kier alpha value is -2.07. The summed E-state index contributed by atoms with van der Waals surface area (Å²) in [6.45, 7) is 3.86.